The summed E-state index contributed by atoms with van der Waals surface area (Å²) in [4.78, 5) is 38.9. The Hall–Kier alpha value is -3.14. The van der Waals surface area contributed by atoms with Gasteiger partial charge in [-0.25, -0.2) is 0 Å². The summed E-state index contributed by atoms with van der Waals surface area (Å²) in [5, 5.41) is 14.5. The van der Waals surface area contributed by atoms with Crippen LogP contribution in [0.1, 0.15) is 29.4 Å². The van der Waals surface area contributed by atoms with Crippen LogP contribution in [0.5, 0.6) is 5.75 Å². The number of ether oxygens (including phenoxy) is 1. The maximum Gasteiger partial charge on any atom is 0.306 e. The lowest BCUT2D eigenvalue weighted by molar-refractivity contribution is -0.141. The van der Waals surface area contributed by atoms with E-state index in [-0.39, 0.29) is 12.2 Å². The molecule has 0 aromatic carbocycles. The number of aryl methyl sites for hydroxylation is 1. The summed E-state index contributed by atoms with van der Waals surface area (Å²) in [6.45, 7) is 2.84. The van der Waals surface area contributed by atoms with Gasteiger partial charge < -0.3 is 19.2 Å². The highest BCUT2D eigenvalue weighted by molar-refractivity contribution is 5.71. The first-order valence-electron chi connectivity index (χ1n) is 9.24. The van der Waals surface area contributed by atoms with E-state index >= 15 is 0 Å². The Morgan fingerprint density at radius 3 is 2.69 bits per heavy atom. The minimum Gasteiger partial charge on any atom is -0.502 e. The molecule has 3 rings (SSSR count). The molecule has 10 nitrogen and oxygen atoms in total. The molecule has 10 heteroatoms. The topological polar surface area (TPSA) is 118 Å². The van der Waals surface area contributed by atoms with Crippen LogP contribution in [0.4, 0.5) is 0 Å². The van der Waals surface area contributed by atoms with E-state index in [1.54, 1.807) is 29.0 Å². The van der Waals surface area contributed by atoms with Crippen LogP contribution in [0.15, 0.2) is 27.7 Å². The number of hydrogen-bond donors (Lipinski definition) is 1. The summed E-state index contributed by atoms with van der Waals surface area (Å²) < 4.78 is 12.2. The van der Waals surface area contributed by atoms with E-state index < -0.39 is 23.1 Å². The van der Waals surface area contributed by atoms with Gasteiger partial charge in [0.1, 0.15) is 5.76 Å². The predicted octanol–water partition coefficient (Wildman–Crippen LogP) is 0.0479. The van der Waals surface area contributed by atoms with Crippen LogP contribution in [0, 0.1) is 0 Å². The van der Waals surface area contributed by atoms with Crippen molar-refractivity contribution in [2.45, 2.75) is 18.9 Å². The maximum atomic E-state index is 12.4. The van der Waals surface area contributed by atoms with Crippen LogP contribution >= 0.6 is 0 Å². The first-order valence-corrected chi connectivity index (χ1v) is 9.24. The second-order valence-electron chi connectivity index (χ2n) is 6.99. The number of methoxy groups -OCH3 is 1. The van der Waals surface area contributed by atoms with Crippen molar-refractivity contribution in [3.63, 3.8) is 0 Å². The number of rotatable bonds is 7. The zero-order chi connectivity index (χ0) is 21.0. The van der Waals surface area contributed by atoms with Crippen molar-refractivity contribution in [2.24, 2.45) is 7.05 Å². The summed E-state index contributed by atoms with van der Waals surface area (Å²) in [6.07, 6.45) is 3.96. The van der Waals surface area contributed by atoms with Crippen molar-refractivity contribution in [2.75, 3.05) is 33.3 Å². The summed E-state index contributed by atoms with van der Waals surface area (Å²) in [5.74, 6) is -1.36. The average Bonchev–Trinajstić information content (AvgIpc) is 3.15. The number of nitrogens with zero attached hydrogens (tertiary/aromatic N) is 4. The lowest BCUT2D eigenvalue weighted by Crippen LogP contribution is -2.45. The van der Waals surface area contributed by atoms with E-state index in [1.165, 1.54) is 13.2 Å². The largest absolute Gasteiger partial charge is 0.502 e. The normalized spacial score (nSPS) is 15.9. The molecule has 0 radical (unpaired) electrons. The third kappa shape index (κ3) is 4.83. The lowest BCUT2D eigenvalue weighted by atomic mass is 9.94. The van der Waals surface area contributed by atoms with E-state index in [4.69, 9.17) is 9.15 Å². The predicted molar refractivity (Wildman–Crippen MR) is 101 cm³/mol. The van der Waals surface area contributed by atoms with E-state index in [1.807, 2.05) is 0 Å². The fourth-order valence-corrected chi connectivity index (χ4v) is 3.35. The van der Waals surface area contributed by atoms with Gasteiger partial charge in [0.25, 0.3) is 0 Å². The molecule has 1 unspecified atom stereocenters. The number of piperazine rings is 1. The molecule has 0 saturated carbocycles. The maximum absolute atomic E-state index is 12.4. The summed E-state index contributed by atoms with van der Waals surface area (Å²) >= 11 is 0. The van der Waals surface area contributed by atoms with Gasteiger partial charge in [0.15, 0.2) is 5.76 Å². The average molecular weight is 404 g/mol. The molecule has 2 aromatic heterocycles. The van der Waals surface area contributed by atoms with Crippen LogP contribution < -0.4 is 5.43 Å². The number of aromatic nitrogens is 2. The van der Waals surface area contributed by atoms with Crippen molar-refractivity contribution in [1.29, 1.82) is 0 Å². The fraction of sp³-hybridized carbons (Fsp3) is 0.474. The van der Waals surface area contributed by atoms with E-state index in [2.05, 4.69) is 10.00 Å². The fourth-order valence-electron chi connectivity index (χ4n) is 3.35. The Bertz CT molecular complexity index is 929. The van der Waals surface area contributed by atoms with Crippen molar-refractivity contribution in [3.05, 3.63) is 45.8 Å². The molecular weight excluding hydrogens is 380 g/mol. The molecule has 1 fully saturated rings. The first-order chi connectivity index (χ1) is 13.9. The number of amides is 1. The van der Waals surface area contributed by atoms with E-state index in [9.17, 15) is 19.5 Å². The summed E-state index contributed by atoms with van der Waals surface area (Å²) in [6, 6.07) is 1.25. The molecule has 156 valence electrons. The minimum atomic E-state index is -0.712. The first kappa shape index (κ1) is 20.6. The van der Waals surface area contributed by atoms with Gasteiger partial charge >= 0.3 is 5.97 Å². The van der Waals surface area contributed by atoms with E-state index in [0.29, 0.717) is 44.0 Å². The molecule has 1 saturated heterocycles. The van der Waals surface area contributed by atoms with Crippen LogP contribution in [0.25, 0.3) is 0 Å². The van der Waals surface area contributed by atoms with Gasteiger partial charge in [0, 0.05) is 51.1 Å². The number of aromatic hydroxyl groups is 1. The van der Waals surface area contributed by atoms with Gasteiger partial charge in [0.2, 0.25) is 17.6 Å². The van der Waals surface area contributed by atoms with Gasteiger partial charge in [-0.2, -0.15) is 5.10 Å². The Morgan fingerprint density at radius 2 is 2.10 bits per heavy atom. The Kier molecular flexibility index (Phi) is 6.32. The van der Waals surface area contributed by atoms with E-state index in [0.717, 1.165) is 6.41 Å². The van der Waals surface area contributed by atoms with Crippen LogP contribution in [-0.4, -0.2) is 70.4 Å². The summed E-state index contributed by atoms with van der Waals surface area (Å²) in [5.41, 5.74) is 0.0413. The third-order valence-corrected chi connectivity index (χ3v) is 4.98. The lowest BCUT2D eigenvalue weighted by Gasteiger charge is -2.32. The van der Waals surface area contributed by atoms with Crippen molar-refractivity contribution in [1.82, 2.24) is 19.6 Å². The minimum absolute atomic E-state index is 0.0115. The molecule has 1 amide bonds. The molecule has 1 N–H and O–H groups in total. The van der Waals surface area contributed by atoms with Gasteiger partial charge in [-0.3, -0.25) is 24.0 Å². The van der Waals surface area contributed by atoms with Crippen molar-refractivity contribution in [3.8, 4) is 5.75 Å². The number of carbonyl (C=O) groups excluding carboxylic acids is 2. The highest BCUT2D eigenvalue weighted by atomic mass is 16.5. The molecule has 1 aliphatic rings. The molecule has 0 spiro atoms. The van der Waals surface area contributed by atoms with Gasteiger partial charge in [-0.15, -0.1) is 0 Å². The smallest absolute Gasteiger partial charge is 0.306 e. The SMILES string of the molecule is COC(=O)CC(c1cnn(C)c1)c1oc(CN2CCN(C=O)CC2)cc(=O)c1O. The zero-order valence-corrected chi connectivity index (χ0v) is 16.4. The number of carbonyl (C=O) groups is 2. The van der Waals surface area contributed by atoms with Crippen molar-refractivity contribution < 1.29 is 23.8 Å². The van der Waals surface area contributed by atoms with Gasteiger partial charge in [-0.05, 0) is 0 Å². The Morgan fingerprint density at radius 1 is 1.38 bits per heavy atom. The molecule has 29 heavy (non-hydrogen) atoms. The van der Waals surface area contributed by atoms with Gasteiger partial charge in [-0.1, -0.05) is 0 Å². The Balaban J connectivity index is 1.90. The molecule has 0 bridgehead atoms. The Labute approximate surface area is 167 Å². The molecule has 3 heterocycles. The van der Waals surface area contributed by atoms with Crippen molar-refractivity contribution >= 4 is 12.4 Å². The molecule has 0 aliphatic carbocycles. The molecule has 1 aliphatic heterocycles. The number of hydrogen-bond acceptors (Lipinski definition) is 8. The highest BCUT2D eigenvalue weighted by Gasteiger charge is 2.28. The molecule has 1 atom stereocenters. The van der Waals surface area contributed by atoms with Crippen LogP contribution in [-0.2, 0) is 27.9 Å². The second kappa shape index (κ2) is 8.91. The molecular formula is C19H24N4O6. The standard InChI is InChI=1S/C19H24N4O6/c1-21-10-13(9-20-21)15(8-17(26)28-2)19-18(27)16(25)7-14(29-19)11-22-3-5-23(12-24)6-4-22/h7,9-10,12,15,27H,3-6,8,11H2,1-2H3. The quantitative estimate of drug-likeness (QED) is 0.508. The van der Waals surface area contributed by atoms with Gasteiger partial charge in [0.05, 0.1) is 32.2 Å². The third-order valence-electron chi connectivity index (χ3n) is 4.98. The number of esters is 1. The zero-order valence-electron chi connectivity index (χ0n) is 16.4. The second-order valence-corrected chi connectivity index (χ2v) is 6.99. The van der Waals surface area contributed by atoms with Crippen LogP contribution in [0.2, 0.25) is 0 Å². The van der Waals surface area contributed by atoms with Crippen LogP contribution in [0.3, 0.4) is 0 Å². The highest BCUT2D eigenvalue weighted by Crippen LogP contribution is 2.33. The monoisotopic (exact) mass is 404 g/mol. The summed E-state index contributed by atoms with van der Waals surface area (Å²) in [7, 11) is 3.00. The molecule has 2 aromatic rings.